The molecule has 0 radical (unpaired) electrons. The topological polar surface area (TPSA) is 58.6 Å². The molecule has 0 spiro atoms. The first-order chi connectivity index (χ1) is 12.0. The van der Waals surface area contributed by atoms with Crippen LogP contribution in [0.3, 0.4) is 0 Å². The second kappa shape index (κ2) is 7.80. The Morgan fingerprint density at radius 1 is 1.32 bits per heavy atom. The van der Waals surface area contributed by atoms with E-state index in [0.717, 1.165) is 4.90 Å². The molecule has 0 saturated carbocycles. The quantitative estimate of drug-likeness (QED) is 0.867. The van der Waals surface area contributed by atoms with E-state index in [1.807, 2.05) is 18.2 Å². The number of nitrogens with zero attached hydrogens (tertiary/aromatic N) is 1. The molecular formula is C18H17ClN2O3S. The standard InChI is InChI=1S/C18H17ClN2O3S/c1-21(7-8-24-14-4-2-3-13(19)10-14)18(23)12-5-6-16-15(9-12)20-17(22)11-25-16/h2-6,9-10H,7-8,11H2,1H3,(H,20,22). The van der Waals surface area contributed by atoms with Gasteiger partial charge in [-0.1, -0.05) is 17.7 Å². The minimum Gasteiger partial charge on any atom is -0.492 e. The number of halogens is 1. The number of ether oxygens (including phenoxy) is 1. The molecule has 0 atom stereocenters. The van der Waals surface area contributed by atoms with E-state index in [9.17, 15) is 9.59 Å². The molecule has 2 amide bonds. The number of carbonyl (C=O) groups is 2. The third-order valence-corrected chi connectivity index (χ3v) is 5.01. The second-order valence-corrected chi connectivity index (χ2v) is 7.03. The fourth-order valence-electron chi connectivity index (χ4n) is 2.40. The van der Waals surface area contributed by atoms with Gasteiger partial charge in [0.1, 0.15) is 12.4 Å². The molecule has 0 saturated heterocycles. The van der Waals surface area contributed by atoms with Crippen LogP contribution in [0.2, 0.25) is 5.02 Å². The number of benzene rings is 2. The molecule has 1 heterocycles. The summed E-state index contributed by atoms with van der Waals surface area (Å²) in [5.41, 5.74) is 1.22. The lowest BCUT2D eigenvalue weighted by Gasteiger charge is -2.20. The van der Waals surface area contributed by atoms with Crippen molar-refractivity contribution in [3.63, 3.8) is 0 Å². The lowest BCUT2D eigenvalue weighted by molar-refractivity contribution is -0.113. The van der Waals surface area contributed by atoms with Crippen LogP contribution in [0.1, 0.15) is 10.4 Å². The summed E-state index contributed by atoms with van der Waals surface area (Å²) in [5, 5.41) is 3.40. The Balaban J connectivity index is 1.59. The van der Waals surface area contributed by atoms with Crippen molar-refractivity contribution in [2.45, 2.75) is 4.90 Å². The first-order valence-electron chi connectivity index (χ1n) is 7.73. The normalized spacial score (nSPS) is 13.0. The van der Waals surface area contributed by atoms with Gasteiger partial charge in [0, 0.05) is 22.5 Å². The van der Waals surface area contributed by atoms with E-state index >= 15 is 0 Å². The minimum atomic E-state index is -0.123. The van der Waals surface area contributed by atoms with Gasteiger partial charge in [-0.25, -0.2) is 0 Å². The molecular weight excluding hydrogens is 360 g/mol. The Kier molecular flexibility index (Phi) is 5.50. The van der Waals surface area contributed by atoms with Gasteiger partial charge in [-0.15, -0.1) is 11.8 Å². The fraction of sp³-hybridized carbons (Fsp3) is 0.222. The highest BCUT2D eigenvalue weighted by Gasteiger charge is 2.18. The average molecular weight is 377 g/mol. The van der Waals surface area contributed by atoms with Gasteiger partial charge in [0.15, 0.2) is 0 Å². The van der Waals surface area contributed by atoms with Crippen molar-refractivity contribution >= 4 is 40.9 Å². The maximum atomic E-state index is 12.5. The van der Waals surface area contributed by atoms with Crippen LogP contribution in [0, 0.1) is 0 Å². The highest BCUT2D eigenvalue weighted by Crippen LogP contribution is 2.32. The number of amides is 2. The largest absolute Gasteiger partial charge is 0.492 e. The second-order valence-electron chi connectivity index (χ2n) is 5.58. The zero-order valence-corrected chi connectivity index (χ0v) is 15.2. The van der Waals surface area contributed by atoms with Crippen LogP contribution in [0.5, 0.6) is 5.75 Å². The van der Waals surface area contributed by atoms with Gasteiger partial charge in [-0.05, 0) is 36.4 Å². The number of thioether (sulfide) groups is 1. The minimum absolute atomic E-state index is 0.0506. The van der Waals surface area contributed by atoms with Crippen molar-refractivity contribution in [2.75, 3.05) is 31.3 Å². The molecule has 0 unspecified atom stereocenters. The van der Waals surface area contributed by atoms with Crippen LogP contribution >= 0.6 is 23.4 Å². The summed E-state index contributed by atoms with van der Waals surface area (Å²) in [6, 6.07) is 12.5. The van der Waals surface area contributed by atoms with Crippen molar-refractivity contribution in [1.29, 1.82) is 0 Å². The summed E-state index contributed by atoms with van der Waals surface area (Å²) < 4.78 is 5.61. The van der Waals surface area contributed by atoms with Crippen LogP contribution in [0.4, 0.5) is 5.69 Å². The van der Waals surface area contributed by atoms with Crippen LogP contribution in [0.25, 0.3) is 0 Å². The number of nitrogens with one attached hydrogen (secondary N) is 1. The van der Waals surface area contributed by atoms with Crippen LogP contribution in [-0.2, 0) is 4.79 Å². The van der Waals surface area contributed by atoms with E-state index in [-0.39, 0.29) is 11.8 Å². The molecule has 0 aliphatic carbocycles. The predicted molar refractivity (Wildman–Crippen MR) is 99.7 cm³/mol. The molecule has 2 aromatic rings. The summed E-state index contributed by atoms with van der Waals surface area (Å²) in [4.78, 5) is 26.6. The Hall–Kier alpha value is -2.18. The van der Waals surface area contributed by atoms with E-state index < -0.39 is 0 Å². The van der Waals surface area contributed by atoms with Crippen molar-refractivity contribution < 1.29 is 14.3 Å². The average Bonchev–Trinajstić information content (AvgIpc) is 2.60. The number of carbonyl (C=O) groups excluding carboxylic acids is 2. The van der Waals surface area contributed by atoms with E-state index in [2.05, 4.69) is 5.32 Å². The van der Waals surface area contributed by atoms with Crippen molar-refractivity contribution in [3.05, 3.63) is 53.1 Å². The van der Waals surface area contributed by atoms with Crippen LogP contribution in [0.15, 0.2) is 47.4 Å². The van der Waals surface area contributed by atoms with Gasteiger partial charge in [-0.3, -0.25) is 9.59 Å². The third kappa shape index (κ3) is 4.46. The molecule has 1 aliphatic heterocycles. The number of hydrogen-bond acceptors (Lipinski definition) is 4. The van der Waals surface area contributed by atoms with Gasteiger partial charge in [-0.2, -0.15) is 0 Å². The number of fused-ring (bicyclic) bond motifs is 1. The number of likely N-dealkylation sites (N-methyl/N-ethyl adjacent to an activating group) is 1. The molecule has 130 valence electrons. The molecule has 7 heteroatoms. The predicted octanol–water partition coefficient (Wildman–Crippen LogP) is 3.54. The Morgan fingerprint density at radius 3 is 2.96 bits per heavy atom. The molecule has 25 heavy (non-hydrogen) atoms. The number of anilines is 1. The number of hydrogen-bond donors (Lipinski definition) is 1. The lowest BCUT2D eigenvalue weighted by Crippen LogP contribution is -2.31. The molecule has 0 aromatic heterocycles. The third-order valence-electron chi connectivity index (χ3n) is 3.70. The number of rotatable bonds is 5. The van der Waals surface area contributed by atoms with Crippen molar-refractivity contribution in [3.8, 4) is 5.75 Å². The van der Waals surface area contributed by atoms with E-state index in [0.29, 0.717) is 40.9 Å². The van der Waals surface area contributed by atoms with Gasteiger partial charge < -0.3 is 15.0 Å². The highest BCUT2D eigenvalue weighted by molar-refractivity contribution is 8.00. The fourth-order valence-corrected chi connectivity index (χ4v) is 3.36. The molecule has 1 aliphatic rings. The monoisotopic (exact) mass is 376 g/mol. The lowest BCUT2D eigenvalue weighted by atomic mass is 10.1. The van der Waals surface area contributed by atoms with E-state index in [4.69, 9.17) is 16.3 Å². The molecule has 2 aromatic carbocycles. The Labute approximate surface area is 155 Å². The van der Waals surface area contributed by atoms with Crippen LogP contribution < -0.4 is 10.1 Å². The van der Waals surface area contributed by atoms with Gasteiger partial charge in [0.25, 0.3) is 5.91 Å². The Bertz CT molecular complexity index is 813. The molecule has 0 fully saturated rings. The molecule has 3 rings (SSSR count). The summed E-state index contributed by atoms with van der Waals surface area (Å²) in [5.74, 6) is 0.899. The maximum absolute atomic E-state index is 12.5. The van der Waals surface area contributed by atoms with Crippen molar-refractivity contribution in [2.24, 2.45) is 0 Å². The maximum Gasteiger partial charge on any atom is 0.253 e. The van der Waals surface area contributed by atoms with Crippen molar-refractivity contribution in [1.82, 2.24) is 4.90 Å². The summed E-state index contributed by atoms with van der Waals surface area (Å²) in [7, 11) is 1.72. The summed E-state index contributed by atoms with van der Waals surface area (Å²) in [6.07, 6.45) is 0. The Morgan fingerprint density at radius 2 is 2.16 bits per heavy atom. The summed E-state index contributed by atoms with van der Waals surface area (Å²) in [6.45, 7) is 0.795. The smallest absolute Gasteiger partial charge is 0.253 e. The van der Waals surface area contributed by atoms with Gasteiger partial charge >= 0.3 is 0 Å². The first kappa shape index (κ1) is 17.6. The highest BCUT2D eigenvalue weighted by atomic mass is 35.5. The van der Waals surface area contributed by atoms with E-state index in [1.165, 1.54) is 11.8 Å². The van der Waals surface area contributed by atoms with Gasteiger partial charge in [0.05, 0.1) is 18.0 Å². The molecule has 5 nitrogen and oxygen atoms in total. The zero-order valence-electron chi connectivity index (χ0n) is 13.6. The van der Waals surface area contributed by atoms with E-state index in [1.54, 1.807) is 36.2 Å². The SMILES string of the molecule is CN(CCOc1cccc(Cl)c1)C(=O)c1ccc2c(c1)NC(=O)CS2. The molecule has 1 N–H and O–H groups in total. The van der Waals surface area contributed by atoms with Crippen LogP contribution in [-0.4, -0.2) is 42.7 Å². The first-order valence-corrected chi connectivity index (χ1v) is 9.10. The zero-order chi connectivity index (χ0) is 17.8. The van der Waals surface area contributed by atoms with Gasteiger partial charge in [0.2, 0.25) is 5.91 Å². The summed E-state index contributed by atoms with van der Waals surface area (Å²) >= 11 is 7.38. The molecule has 0 bridgehead atoms.